The van der Waals surface area contributed by atoms with Gasteiger partial charge in [0, 0.05) is 44.8 Å². The highest BCUT2D eigenvalue weighted by molar-refractivity contribution is 5.40. The first-order valence-corrected chi connectivity index (χ1v) is 6.95. The van der Waals surface area contributed by atoms with E-state index < -0.39 is 0 Å². The molecule has 19 heavy (non-hydrogen) atoms. The van der Waals surface area contributed by atoms with Gasteiger partial charge in [-0.05, 0) is 31.0 Å². The molecular formula is C15H24N2O2. The Morgan fingerprint density at radius 3 is 2.21 bits per heavy atom. The van der Waals surface area contributed by atoms with Crippen molar-refractivity contribution in [3.63, 3.8) is 0 Å². The van der Waals surface area contributed by atoms with Gasteiger partial charge in [-0.2, -0.15) is 0 Å². The molecule has 0 unspecified atom stereocenters. The lowest BCUT2D eigenvalue weighted by molar-refractivity contribution is 0.108. The van der Waals surface area contributed by atoms with Gasteiger partial charge in [-0.25, -0.2) is 0 Å². The van der Waals surface area contributed by atoms with E-state index in [-0.39, 0.29) is 6.61 Å². The molecule has 0 bridgehead atoms. The number of aryl methyl sites for hydroxylation is 2. The van der Waals surface area contributed by atoms with E-state index in [0.29, 0.717) is 5.75 Å². The molecule has 1 aliphatic rings. The normalized spacial score (nSPS) is 17.8. The smallest absolute Gasteiger partial charge is 0.120 e. The van der Waals surface area contributed by atoms with Crippen LogP contribution in [0.25, 0.3) is 0 Å². The molecule has 106 valence electrons. The average Bonchev–Trinajstić information content (AvgIpc) is 2.38. The monoisotopic (exact) mass is 264 g/mol. The van der Waals surface area contributed by atoms with Crippen molar-refractivity contribution in [3.8, 4) is 5.75 Å². The molecule has 0 atom stereocenters. The molecule has 1 aromatic rings. The van der Waals surface area contributed by atoms with Crippen molar-refractivity contribution in [1.29, 1.82) is 0 Å². The minimum absolute atomic E-state index is 0.234. The first-order chi connectivity index (χ1) is 9.10. The number of aromatic hydroxyl groups is 1. The number of nitrogens with zero attached hydrogens (tertiary/aromatic N) is 2. The zero-order valence-electron chi connectivity index (χ0n) is 11.9. The van der Waals surface area contributed by atoms with E-state index in [4.69, 9.17) is 5.11 Å². The minimum Gasteiger partial charge on any atom is -0.508 e. The quantitative estimate of drug-likeness (QED) is 0.855. The summed E-state index contributed by atoms with van der Waals surface area (Å²) in [6, 6.07) is 3.94. The van der Waals surface area contributed by atoms with Crippen molar-refractivity contribution in [3.05, 3.63) is 28.8 Å². The van der Waals surface area contributed by atoms with E-state index in [2.05, 4.69) is 22.8 Å². The van der Waals surface area contributed by atoms with Crippen molar-refractivity contribution in [1.82, 2.24) is 9.80 Å². The van der Waals surface area contributed by atoms with Crippen molar-refractivity contribution >= 4 is 0 Å². The fourth-order valence-corrected chi connectivity index (χ4v) is 2.54. The third-order valence-corrected chi connectivity index (χ3v) is 3.97. The second kappa shape index (κ2) is 6.37. The van der Waals surface area contributed by atoms with Gasteiger partial charge in [-0.15, -0.1) is 0 Å². The maximum Gasteiger partial charge on any atom is 0.120 e. The number of aliphatic hydroxyl groups excluding tert-OH is 1. The maximum atomic E-state index is 10.0. The predicted molar refractivity (Wildman–Crippen MR) is 76.4 cm³/mol. The van der Waals surface area contributed by atoms with Crippen LogP contribution in [0.3, 0.4) is 0 Å². The van der Waals surface area contributed by atoms with Crippen molar-refractivity contribution < 1.29 is 10.2 Å². The predicted octanol–water partition coefficient (Wildman–Crippen LogP) is 1.12. The molecular weight excluding hydrogens is 240 g/mol. The molecule has 4 nitrogen and oxygen atoms in total. The Labute approximate surface area is 115 Å². The van der Waals surface area contributed by atoms with Gasteiger partial charge in [0.15, 0.2) is 0 Å². The summed E-state index contributed by atoms with van der Waals surface area (Å²) in [7, 11) is 0. The molecule has 0 radical (unpaired) electrons. The van der Waals surface area contributed by atoms with E-state index in [0.717, 1.165) is 50.4 Å². The van der Waals surface area contributed by atoms with Crippen molar-refractivity contribution in [2.24, 2.45) is 0 Å². The number of phenolic OH excluding ortho intramolecular Hbond substituents is 1. The Morgan fingerprint density at radius 1 is 1.00 bits per heavy atom. The Morgan fingerprint density at radius 2 is 1.58 bits per heavy atom. The summed E-state index contributed by atoms with van der Waals surface area (Å²) in [5.74, 6) is 0.404. The number of hydrogen-bond acceptors (Lipinski definition) is 4. The van der Waals surface area contributed by atoms with Gasteiger partial charge in [0.2, 0.25) is 0 Å². The zero-order chi connectivity index (χ0) is 13.8. The van der Waals surface area contributed by atoms with Gasteiger partial charge in [-0.3, -0.25) is 9.80 Å². The molecule has 1 fully saturated rings. The van der Waals surface area contributed by atoms with Crippen LogP contribution in [0.2, 0.25) is 0 Å². The standard InChI is InChI=1S/C15H24N2O2/c1-12-9-14(15(19)10-13(12)2)11-17-5-3-16(4-6-17)7-8-18/h9-10,18-19H,3-8,11H2,1-2H3. The molecule has 1 aliphatic heterocycles. The highest BCUT2D eigenvalue weighted by Crippen LogP contribution is 2.23. The van der Waals surface area contributed by atoms with Crippen molar-refractivity contribution in [2.45, 2.75) is 20.4 Å². The Kier molecular flexibility index (Phi) is 4.80. The van der Waals surface area contributed by atoms with Gasteiger partial charge in [0.1, 0.15) is 5.75 Å². The summed E-state index contributed by atoms with van der Waals surface area (Å²) in [6.07, 6.45) is 0. The Hall–Kier alpha value is -1.10. The zero-order valence-corrected chi connectivity index (χ0v) is 11.9. The third-order valence-electron chi connectivity index (χ3n) is 3.97. The van der Waals surface area contributed by atoms with E-state index >= 15 is 0 Å². The van der Waals surface area contributed by atoms with Crippen LogP contribution in [0, 0.1) is 13.8 Å². The lowest BCUT2D eigenvalue weighted by Crippen LogP contribution is -2.46. The summed E-state index contributed by atoms with van der Waals surface area (Å²) >= 11 is 0. The SMILES string of the molecule is Cc1cc(O)c(CN2CCN(CCO)CC2)cc1C. The molecule has 0 aromatic heterocycles. The molecule has 0 saturated carbocycles. The Bertz CT molecular complexity index is 426. The lowest BCUT2D eigenvalue weighted by Gasteiger charge is -2.34. The van der Waals surface area contributed by atoms with E-state index in [1.54, 1.807) is 0 Å². The second-order valence-corrected chi connectivity index (χ2v) is 5.41. The molecule has 0 amide bonds. The third kappa shape index (κ3) is 3.69. The van der Waals surface area contributed by atoms with Crippen LogP contribution in [-0.2, 0) is 6.54 Å². The van der Waals surface area contributed by atoms with Gasteiger partial charge in [0.05, 0.1) is 6.61 Å². The first kappa shape index (κ1) is 14.3. The molecule has 4 heteroatoms. The fraction of sp³-hybridized carbons (Fsp3) is 0.600. The first-order valence-electron chi connectivity index (χ1n) is 6.95. The number of piperazine rings is 1. The van der Waals surface area contributed by atoms with Crippen LogP contribution >= 0.6 is 0 Å². The molecule has 1 heterocycles. The average molecular weight is 264 g/mol. The molecule has 2 N–H and O–H groups in total. The minimum atomic E-state index is 0.234. The van der Waals surface area contributed by atoms with Crippen LogP contribution in [0.1, 0.15) is 16.7 Å². The summed E-state index contributed by atoms with van der Waals surface area (Å²) in [5.41, 5.74) is 3.37. The molecule has 2 rings (SSSR count). The largest absolute Gasteiger partial charge is 0.508 e. The van der Waals surface area contributed by atoms with E-state index in [1.165, 1.54) is 5.56 Å². The van der Waals surface area contributed by atoms with E-state index in [1.807, 2.05) is 13.0 Å². The molecule has 0 aliphatic carbocycles. The van der Waals surface area contributed by atoms with Crippen LogP contribution < -0.4 is 0 Å². The molecule has 0 spiro atoms. The summed E-state index contributed by atoms with van der Waals surface area (Å²) in [6.45, 7) is 9.88. The maximum absolute atomic E-state index is 10.0. The van der Waals surface area contributed by atoms with Gasteiger partial charge in [0.25, 0.3) is 0 Å². The van der Waals surface area contributed by atoms with E-state index in [9.17, 15) is 5.11 Å². The van der Waals surface area contributed by atoms with Crippen LogP contribution in [0.4, 0.5) is 0 Å². The summed E-state index contributed by atoms with van der Waals surface area (Å²) < 4.78 is 0. The molecule has 1 saturated heterocycles. The number of hydrogen-bond donors (Lipinski definition) is 2. The van der Waals surface area contributed by atoms with Crippen LogP contribution in [-0.4, -0.2) is 59.3 Å². The number of benzene rings is 1. The topological polar surface area (TPSA) is 46.9 Å². The lowest BCUT2D eigenvalue weighted by atomic mass is 10.0. The molecule has 1 aromatic carbocycles. The highest BCUT2D eigenvalue weighted by atomic mass is 16.3. The van der Waals surface area contributed by atoms with Gasteiger partial charge >= 0.3 is 0 Å². The number of β-amino-alcohol motifs (C(OH)–C–C–N with tert-alkyl or cyclic N) is 1. The Balaban J connectivity index is 1.94. The van der Waals surface area contributed by atoms with Crippen LogP contribution in [0.5, 0.6) is 5.75 Å². The second-order valence-electron chi connectivity index (χ2n) is 5.41. The van der Waals surface area contributed by atoms with Crippen LogP contribution in [0.15, 0.2) is 12.1 Å². The number of aliphatic hydroxyl groups is 1. The summed E-state index contributed by atoms with van der Waals surface area (Å²) in [5, 5.41) is 18.9. The van der Waals surface area contributed by atoms with Gasteiger partial charge in [-0.1, -0.05) is 6.07 Å². The highest BCUT2D eigenvalue weighted by Gasteiger charge is 2.17. The number of rotatable bonds is 4. The van der Waals surface area contributed by atoms with Crippen molar-refractivity contribution in [2.75, 3.05) is 39.3 Å². The van der Waals surface area contributed by atoms with Gasteiger partial charge < -0.3 is 10.2 Å². The summed E-state index contributed by atoms with van der Waals surface area (Å²) in [4.78, 5) is 4.63. The number of phenols is 1. The fourth-order valence-electron chi connectivity index (χ4n) is 2.54.